The Balaban J connectivity index is 2.19. The van der Waals surface area contributed by atoms with E-state index in [0.29, 0.717) is 12.8 Å². The highest BCUT2D eigenvalue weighted by molar-refractivity contribution is 5.95. The maximum Gasteiger partial charge on any atom is 0.406 e. The average Bonchev–Trinajstić information content (AvgIpc) is 3.04. The number of nitrogens with zero attached hydrogens (tertiary/aromatic N) is 2. The SMILES string of the molecule is O=C(O)CN(C(=O)c1cccn1CC(F)(F)F)C1CC1. The quantitative estimate of drug-likeness (QED) is 0.898. The van der Waals surface area contributed by atoms with Crippen molar-refractivity contribution in [3.05, 3.63) is 24.0 Å². The molecule has 1 aliphatic rings. The number of amides is 1. The summed E-state index contributed by atoms with van der Waals surface area (Å²) in [5.74, 6) is -1.86. The predicted molar refractivity (Wildman–Crippen MR) is 62.2 cm³/mol. The first kappa shape index (κ1) is 14.4. The van der Waals surface area contributed by atoms with Crippen molar-refractivity contribution in [1.29, 1.82) is 0 Å². The summed E-state index contributed by atoms with van der Waals surface area (Å²) >= 11 is 0. The molecule has 0 aliphatic heterocycles. The molecule has 0 atom stereocenters. The van der Waals surface area contributed by atoms with Crippen LogP contribution in [-0.2, 0) is 11.3 Å². The molecule has 2 rings (SSSR count). The maximum atomic E-state index is 12.4. The van der Waals surface area contributed by atoms with Crippen molar-refractivity contribution in [2.75, 3.05) is 6.54 Å². The smallest absolute Gasteiger partial charge is 0.406 e. The normalized spacial score (nSPS) is 15.2. The molecule has 1 aromatic heterocycles. The summed E-state index contributed by atoms with van der Waals surface area (Å²) < 4.78 is 38.0. The van der Waals surface area contributed by atoms with Gasteiger partial charge in [0.05, 0.1) is 0 Å². The number of aromatic nitrogens is 1. The van der Waals surface area contributed by atoms with Crippen LogP contribution < -0.4 is 0 Å². The molecule has 110 valence electrons. The van der Waals surface area contributed by atoms with E-state index in [1.165, 1.54) is 12.1 Å². The highest BCUT2D eigenvalue weighted by Gasteiger charge is 2.36. The fraction of sp³-hybridized carbons (Fsp3) is 0.500. The molecule has 0 bridgehead atoms. The lowest BCUT2D eigenvalue weighted by molar-refractivity contribution is -0.141. The number of carbonyl (C=O) groups is 2. The van der Waals surface area contributed by atoms with Crippen molar-refractivity contribution in [1.82, 2.24) is 9.47 Å². The Hall–Kier alpha value is -1.99. The second-order valence-corrected chi connectivity index (χ2v) is 4.69. The largest absolute Gasteiger partial charge is 0.480 e. The van der Waals surface area contributed by atoms with Crippen molar-refractivity contribution in [2.45, 2.75) is 31.6 Å². The van der Waals surface area contributed by atoms with Gasteiger partial charge in [0.1, 0.15) is 18.8 Å². The van der Waals surface area contributed by atoms with Gasteiger partial charge in [0.15, 0.2) is 0 Å². The summed E-state index contributed by atoms with van der Waals surface area (Å²) in [6, 6.07) is 2.42. The Morgan fingerprint density at radius 3 is 2.55 bits per heavy atom. The summed E-state index contributed by atoms with van der Waals surface area (Å²) in [5, 5.41) is 8.78. The minimum Gasteiger partial charge on any atom is -0.480 e. The molecule has 0 spiro atoms. The number of carbonyl (C=O) groups excluding carboxylic acids is 1. The molecule has 1 aromatic rings. The topological polar surface area (TPSA) is 62.5 Å². The van der Waals surface area contributed by atoms with E-state index in [0.717, 1.165) is 15.7 Å². The fourth-order valence-corrected chi connectivity index (χ4v) is 1.99. The summed E-state index contributed by atoms with van der Waals surface area (Å²) in [5.41, 5.74) is -0.143. The van der Waals surface area contributed by atoms with E-state index >= 15 is 0 Å². The number of carboxylic acid groups (broad SMARTS) is 1. The number of carboxylic acids is 1. The van der Waals surface area contributed by atoms with Crippen LogP contribution in [0.2, 0.25) is 0 Å². The van der Waals surface area contributed by atoms with E-state index in [4.69, 9.17) is 5.11 Å². The molecular weight excluding hydrogens is 277 g/mol. The summed E-state index contributed by atoms with van der Waals surface area (Å²) in [6.45, 7) is -1.77. The third-order valence-electron chi connectivity index (χ3n) is 2.95. The van der Waals surface area contributed by atoms with Crippen LogP contribution in [0.3, 0.4) is 0 Å². The molecule has 1 N–H and O–H groups in total. The Morgan fingerprint density at radius 2 is 2.05 bits per heavy atom. The molecule has 1 amide bonds. The lowest BCUT2D eigenvalue weighted by Crippen LogP contribution is -2.38. The monoisotopic (exact) mass is 290 g/mol. The van der Waals surface area contributed by atoms with Gasteiger partial charge in [0.2, 0.25) is 0 Å². The highest BCUT2D eigenvalue weighted by atomic mass is 19.4. The van der Waals surface area contributed by atoms with E-state index in [1.807, 2.05) is 0 Å². The van der Waals surface area contributed by atoms with Crippen molar-refractivity contribution in [3.63, 3.8) is 0 Å². The minimum absolute atomic E-state index is 0.143. The van der Waals surface area contributed by atoms with Gasteiger partial charge in [-0.1, -0.05) is 0 Å². The summed E-state index contributed by atoms with van der Waals surface area (Å²) in [4.78, 5) is 24.1. The lowest BCUT2D eigenvalue weighted by Gasteiger charge is -2.21. The molecule has 0 aromatic carbocycles. The van der Waals surface area contributed by atoms with Crippen LogP contribution in [0.15, 0.2) is 18.3 Å². The van der Waals surface area contributed by atoms with Gasteiger partial charge in [0, 0.05) is 12.2 Å². The van der Waals surface area contributed by atoms with Gasteiger partial charge in [-0.3, -0.25) is 9.59 Å². The molecule has 1 heterocycles. The number of hydrogen-bond acceptors (Lipinski definition) is 2. The standard InChI is InChI=1S/C12H13F3N2O3/c13-12(14,15)7-16-5-1-2-9(16)11(20)17(6-10(18)19)8-3-4-8/h1-2,5,8H,3-4,6-7H2,(H,18,19). The van der Waals surface area contributed by atoms with E-state index in [-0.39, 0.29) is 11.7 Å². The minimum atomic E-state index is -4.44. The van der Waals surface area contributed by atoms with Crippen LogP contribution in [0.1, 0.15) is 23.3 Å². The number of rotatable bonds is 5. The lowest BCUT2D eigenvalue weighted by atomic mass is 10.3. The van der Waals surface area contributed by atoms with Gasteiger partial charge in [-0.05, 0) is 25.0 Å². The van der Waals surface area contributed by atoms with Crippen LogP contribution in [0, 0.1) is 0 Å². The molecule has 5 nitrogen and oxygen atoms in total. The molecule has 0 unspecified atom stereocenters. The zero-order valence-electron chi connectivity index (χ0n) is 10.4. The zero-order chi connectivity index (χ0) is 14.9. The fourth-order valence-electron chi connectivity index (χ4n) is 1.99. The molecule has 0 radical (unpaired) electrons. The molecule has 1 saturated carbocycles. The van der Waals surface area contributed by atoms with Gasteiger partial charge < -0.3 is 14.6 Å². The Kier molecular flexibility index (Phi) is 3.74. The molecule has 8 heteroatoms. The van der Waals surface area contributed by atoms with Gasteiger partial charge in [-0.2, -0.15) is 13.2 Å². The van der Waals surface area contributed by atoms with E-state index in [1.54, 1.807) is 0 Å². The molecular formula is C12H13F3N2O3. The maximum absolute atomic E-state index is 12.4. The molecule has 0 saturated heterocycles. The van der Waals surface area contributed by atoms with Gasteiger partial charge in [0.25, 0.3) is 5.91 Å². The first-order valence-corrected chi connectivity index (χ1v) is 6.02. The first-order chi connectivity index (χ1) is 9.28. The second-order valence-electron chi connectivity index (χ2n) is 4.69. The van der Waals surface area contributed by atoms with Crippen LogP contribution in [0.4, 0.5) is 13.2 Å². The third kappa shape index (κ3) is 3.52. The van der Waals surface area contributed by atoms with Gasteiger partial charge in [-0.25, -0.2) is 0 Å². The van der Waals surface area contributed by atoms with Gasteiger partial charge >= 0.3 is 12.1 Å². The van der Waals surface area contributed by atoms with Crippen molar-refractivity contribution < 1.29 is 27.9 Å². The highest BCUT2D eigenvalue weighted by Crippen LogP contribution is 2.28. The summed E-state index contributed by atoms with van der Waals surface area (Å²) in [7, 11) is 0. The van der Waals surface area contributed by atoms with Crippen LogP contribution in [-0.4, -0.2) is 45.2 Å². The molecule has 1 fully saturated rings. The van der Waals surface area contributed by atoms with Crippen LogP contribution in [0.5, 0.6) is 0 Å². The van der Waals surface area contributed by atoms with E-state index in [2.05, 4.69) is 0 Å². The predicted octanol–water partition coefficient (Wildman–Crippen LogP) is 1.74. The average molecular weight is 290 g/mol. The zero-order valence-corrected chi connectivity index (χ0v) is 10.4. The first-order valence-electron chi connectivity index (χ1n) is 6.02. The van der Waals surface area contributed by atoms with Crippen LogP contribution in [0.25, 0.3) is 0 Å². The van der Waals surface area contributed by atoms with Gasteiger partial charge in [-0.15, -0.1) is 0 Å². The van der Waals surface area contributed by atoms with Crippen molar-refractivity contribution >= 4 is 11.9 Å². The Morgan fingerprint density at radius 1 is 1.40 bits per heavy atom. The van der Waals surface area contributed by atoms with Crippen molar-refractivity contribution in [3.8, 4) is 0 Å². The number of hydrogen-bond donors (Lipinski definition) is 1. The third-order valence-corrected chi connectivity index (χ3v) is 2.95. The summed E-state index contributed by atoms with van der Waals surface area (Å²) in [6.07, 6.45) is -1.92. The number of halogens is 3. The Labute approximate surface area is 112 Å². The van der Waals surface area contributed by atoms with E-state index in [9.17, 15) is 22.8 Å². The van der Waals surface area contributed by atoms with E-state index < -0.39 is 31.1 Å². The van der Waals surface area contributed by atoms with Crippen molar-refractivity contribution in [2.24, 2.45) is 0 Å². The number of alkyl halides is 3. The molecule has 1 aliphatic carbocycles. The van der Waals surface area contributed by atoms with Crippen LogP contribution >= 0.6 is 0 Å². The Bertz CT molecular complexity index is 520. The molecule has 20 heavy (non-hydrogen) atoms. The number of aliphatic carboxylic acids is 1. The second kappa shape index (κ2) is 5.18.